The molecule has 2 amide bonds. The summed E-state index contributed by atoms with van der Waals surface area (Å²) in [6.45, 7) is 2.98. The van der Waals surface area contributed by atoms with Gasteiger partial charge >= 0.3 is 6.18 Å². The lowest BCUT2D eigenvalue weighted by molar-refractivity contribution is -0.138. The van der Waals surface area contributed by atoms with Crippen molar-refractivity contribution in [3.63, 3.8) is 0 Å². The van der Waals surface area contributed by atoms with Gasteiger partial charge in [0.25, 0.3) is 5.91 Å². The smallest absolute Gasteiger partial charge is 0.351 e. The molecule has 2 aromatic carbocycles. The maximum absolute atomic E-state index is 14.4. The van der Waals surface area contributed by atoms with E-state index in [2.05, 4.69) is 10.6 Å². The number of carbonyl (C=O) groups excluding carboxylic acids is 2. The van der Waals surface area contributed by atoms with Crippen molar-refractivity contribution in [3.8, 4) is 0 Å². The molecule has 0 radical (unpaired) electrons. The van der Waals surface area contributed by atoms with Crippen molar-refractivity contribution >= 4 is 50.5 Å². The number of nitrogens with one attached hydrogen (secondary N) is 2. The predicted molar refractivity (Wildman–Crippen MR) is 160 cm³/mol. The molecule has 2 atom stereocenters. The molecule has 236 valence electrons. The molecule has 0 aromatic heterocycles. The molecule has 2 aromatic rings. The Hall–Kier alpha value is -2.38. The summed E-state index contributed by atoms with van der Waals surface area (Å²) in [5, 5.41) is 6.16. The van der Waals surface area contributed by atoms with E-state index in [9.17, 15) is 31.2 Å². The van der Waals surface area contributed by atoms with Crippen LogP contribution in [0, 0.1) is 0 Å². The highest BCUT2D eigenvalue weighted by Crippen LogP contribution is 2.38. The number of hydrogen-bond donors (Lipinski definition) is 2. The number of anilines is 1. The molecular weight excluding hydrogens is 628 g/mol. The predicted octanol–water partition coefficient (Wildman–Crippen LogP) is 5.31. The van der Waals surface area contributed by atoms with E-state index in [1.807, 2.05) is 4.90 Å². The number of alkyl halides is 3. The zero-order chi connectivity index (χ0) is 31.5. The van der Waals surface area contributed by atoms with Crippen molar-refractivity contribution in [2.75, 3.05) is 37.3 Å². The Morgan fingerprint density at radius 1 is 1.12 bits per heavy atom. The molecule has 2 fully saturated rings. The number of likely N-dealkylation sites (tertiary alicyclic amines) is 1. The maximum atomic E-state index is 14.4. The number of nitrogens with zero attached hydrogens (tertiary/aromatic N) is 2. The van der Waals surface area contributed by atoms with Gasteiger partial charge in [-0.2, -0.15) is 13.2 Å². The summed E-state index contributed by atoms with van der Waals surface area (Å²) in [7, 11) is -2.52. The Balaban J connectivity index is 1.58. The molecule has 8 nitrogen and oxygen atoms in total. The van der Waals surface area contributed by atoms with Gasteiger partial charge in [0.1, 0.15) is 0 Å². The van der Waals surface area contributed by atoms with Crippen LogP contribution < -0.4 is 15.5 Å². The van der Waals surface area contributed by atoms with Crippen LogP contribution in [0.25, 0.3) is 0 Å². The molecule has 2 aliphatic heterocycles. The first kappa shape index (κ1) is 33.5. The van der Waals surface area contributed by atoms with Crippen LogP contribution in [-0.4, -0.2) is 69.7 Å². The van der Waals surface area contributed by atoms with Crippen LogP contribution in [0.5, 0.6) is 0 Å². The number of hydrogen-bond acceptors (Lipinski definition) is 6. The minimum atomic E-state index is -4.82. The molecule has 2 heterocycles. The van der Waals surface area contributed by atoms with Gasteiger partial charge in [0, 0.05) is 41.8 Å². The van der Waals surface area contributed by atoms with Crippen LogP contribution in [0.3, 0.4) is 0 Å². The van der Waals surface area contributed by atoms with E-state index in [4.69, 9.17) is 23.2 Å². The summed E-state index contributed by atoms with van der Waals surface area (Å²) in [6.07, 6.45) is -0.685. The molecule has 14 heteroatoms. The summed E-state index contributed by atoms with van der Waals surface area (Å²) in [5.74, 6) is -1.23. The summed E-state index contributed by atoms with van der Waals surface area (Å²) < 4.78 is 68.4. The van der Waals surface area contributed by atoms with E-state index >= 15 is 0 Å². The lowest BCUT2D eigenvalue weighted by Gasteiger charge is -2.35. The minimum absolute atomic E-state index is 0.0575. The first-order valence-electron chi connectivity index (χ1n) is 14.2. The van der Waals surface area contributed by atoms with Crippen molar-refractivity contribution in [2.24, 2.45) is 0 Å². The zero-order valence-corrected chi connectivity index (χ0v) is 26.3. The standard InChI is InChI=1S/C29H35Cl2F3N4O4S/c1-3-43(41,42)26-10-9-19(30)15-25(26)37(2)28(40)18-13-22(29(32,33)34)21(23(31)14-18)17-38-12-6-7-20(16-38)36-27(39)24-8-4-5-11-35-24/h9-10,13-15,20,24,35H,3-8,11-12,16-17H2,1-2H3,(H,36,39)/t20-,24-/m0/s1. The van der Waals surface area contributed by atoms with E-state index in [1.54, 1.807) is 0 Å². The average Bonchev–Trinajstić information content (AvgIpc) is 2.97. The van der Waals surface area contributed by atoms with Crippen LogP contribution in [-0.2, 0) is 27.4 Å². The van der Waals surface area contributed by atoms with Gasteiger partial charge in [-0.1, -0.05) is 36.5 Å². The van der Waals surface area contributed by atoms with E-state index < -0.39 is 27.5 Å². The number of benzene rings is 2. The van der Waals surface area contributed by atoms with E-state index in [0.29, 0.717) is 25.9 Å². The van der Waals surface area contributed by atoms with Crippen LogP contribution in [0.1, 0.15) is 60.5 Å². The van der Waals surface area contributed by atoms with E-state index in [0.717, 1.165) is 36.8 Å². The quantitative estimate of drug-likeness (QED) is 0.398. The topological polar surface area (TPSA) is 98.8 Å². The third-order valence-electron chi connectivity index (χ3n) is 7.91. The van der Waals surface area contributed by atoms with Gasteiger partial charge in [-0.15, -0.1) is 0 Å². The van der Waals surface area contributed by atoms with Gasteiger partial charge in [0.15, 0.2) is 9.84 Å². The lowest BCUT2D eigenvalue weighted by Crippen LogP contribution is -2.53. The number of halogens is 5. The Morgan fingerprint density at radius 2 is 1.86 bits per heavy atom. The number of piperidine rings is 2. The van der Waals surface area contributed by atoms with Crippen molar-refractivity contribution in [3.05, 3.63) is 57.1 Å². The van der Waals surface area contributed by atoms with Gasteiger partial charge in [-0.25, -0.2) is 8.42 Å². The second kappa shape index (κ2) is 13.7. The molecule has 2 N–H and O–H groups in total. The Labute approximate surface area is 259 Å². The first-order chi connectivity index (χ1) is 20.2. The van der Waals surface area contributed by atoms with Gasteiger partial charge in [-0.3, -0.25) is 14.5 Å². The second-order valence-electron chi connectivity index (χ2n) is 10.9. The largest absolute Gasteiger partial charge is 0.416 e. The SMILES string of the molecule is CCS(=O)(=O)c1ccc(Cl)cc1N(C)C(=O)c1cc(Cl)c(CN2CCC[C@H](NC(=O)[C@@H]3CCCCN3)C2)c(C(F)(F)F)c1. The highest BCUT2D eigenvalue weighted by molar-refractivity contribution is 7.91. The summed E-state index contributed by atoms with van der Waals surface area (Å²) >= 11 is 12.5. The van der Waals surface area contributed by atoms with Crippen LogP contribution in [0.2, 0.25) is 10.0 Å². The maximum Gasteiger partial charge on any atom is 0.416 e. The van der Waals surface area contributed by atoms with Crippen LogP contribution in [0.15, 0.2) is 35.2 Å². The van der Waals surface area contributed by atoms with Gasteiger partial charge in [0.2, 0.25) is 5.91 Å². The van der Waals surface area contributed by atoms with Crippen molar-refractivity contribution in [1.29, 1.82) is 0 Å². The Bertz CT molecular complexity index is 1470. The fourth-order valence-corrected chi connectivity index (χ4v) is 7.11. The lowest BCUT2D eigenvalue weighted by atomic mass is 9.99. The molecule has 0 bridgehead atoms. The highest BCUT2D eigenvalue weighted by atomic mass is 35.5. The van der Waals surface area contributed by atoms with E-state index in [1.165, 1.54) is 38.2 Å². The summed E-state index contributed by atoms with van der Waals surface area (Å²) in [5.41, 5.74) is -1.64. The number of rotatable bonds is 8. The van der Waals surface area contributed by atoms with Crippen molar-refractivity contribution in [1.82, 2.24) is 15.5 Å². The summed E-state index contributed by atoms with van der Waals surface area (Å²) in [6, 6.07) is 5.35. The average molecular weight is 664 g/mol. The normalized spacial score (nSPS) is 20.1. The van der Waals surface area contributed by atoms with Gasteiger partial charge in [0.05, 0.1) is 27.9 Å². The number of amides is 2. The molecule has 0 spiro atoms. The number of carbonyl (C=O) groups is 2. The molecule has 2 aliphatic rings. The molecular formula is C29H35Cl2F3N4O4S. The molecule has 4 rings (SSSR count). The Kier molecular flexibility index (Phi) is 10.7. The Morgan fingerprint density at radius 3 is 2.51 bits per heavy atom. The fraction of sp³-hybridized carbons (Fsp3) is 0.517. The molecule has 0 saturated carbocycles. The molecule has 43 heavy (non-hydrogen) atoms. The molecule has 2 saturated heterocycles. The van der Waals surface area contributed by atoms with Crippen LogP contribution in [0.4, 0.5) is 18.9 Å². The zero-order valence-electron chi connectivity index (χ0n) is 23.9. The third-order valence-corrected chi connectivity index (χ3v) is 10.3. The van der Waals surface area contributed by atoms with Crippen molar-refractivity contribution in [2.45, 2.75) is 68.7 Å². The fourth-order valence-electron chi connectivity index (χ4n) is 5.57. The first-order valence-corrected chi connectivity index (χ1v) is 16.6. The number of sulfone groups is 1. The third kappa shape index (κ3) is 8.02. The molecule has 0 unspecified atom stereocenters. The summed E-state index contributed by atoms with van der Waals surface area (Å²) in [4.78, 5) is 28.8. The highest BCUT2D eigenvalue weighted by Gasteiger charge is 2.37. The second-order valence-corrected chi connectivity index (χ2v) is 14.0. The van der Waals surface area contributed by atoms with Gasteiger partial charge in [-0.05, 0) is 74.7 Å². The van der Waals surface area contributed by atoms with E-state index in [-0.39, 0.29) is 62.0 Å². The minimum Gasteiger partial charge on any atom is -0.351 e. The van der Waals surface area contributed by atoms with Gasteiger partial charge < -0.3 is 15.5 Å². The van der Waals surface area contributed by atoms with Crippen molar-refractivity contribution < 1.29 is 31.2 Å². The monoisotopic (exact) mass is 662 g/mol. The molecule has 0 aliphatic carbocycles. The van der Waals surface area contributed by atoms with Crippen LogP contribution >= 0.6 is 23.2 Å².